The van der Waals surface area contributed by atoms with Gasteiger partial charge in [-0.05, 0) is 61.2 Å². The highest BCUT2D eigenvalue weighted by molar-refractivity contribution is 5.58. The van der Waals surface area contributed by atoms with E-state index < -0.39 is 11.6 Å². The van der Waals surface area contributed by atoms with Crippen molar-refractivity contribution in [3.05, 3.63) is 89.5 Å². The van der Waals surface area contributed by atoms with Crippen molar-refractivity contribution in [3.8, 4) is 17.1 Å². The summed E-state index contributed by atoms with van der Waals surface area (Å²) in [5.74, 6) is 1.19. The second-order valence-corrected chi connectivity index (χ2v) is 9.35. The zero-order chi connectivity index (χ0) is 26.3. The molecule has 0 aliphatic carbocycles. The number of nitrogens with zero attached hydrogens (tertiary/aromatic N) is 4. The van der Waals surface area contributed by atoms with Crippen LogP contribution in [-0.2, 0) is 13.0 Å². The molecule has 4 N–H and O–H groups in total. The van der Waals surface area contributed by atoms with Crippen LogP contribution in [0.4, 0.5) is 20.4 Å². The number of hydrogen-bond donors (Lipinski definition) is 3. The van der Waals surface area contributed by atoms with Crippen LogP contribution in [0, 0.1) is 17.6 Å². The lowest BCUT2D eigenvalue weighted by molar-refractivity contribution is 0.214. The monoisotopic (exact) mass is 517 g/mol. The molecule has 38 heavy (non-hydrogen) atoms. The van der Waals surface area contributed by atoms with Gasteiger partial charge in [-0.2, -0.15) is 0 Å². The summed E-state index contributed by atoms with van der Waals surface area (Å²) in [7, 11) is 0. The van der Waals surface area contributed by atoms with E-state index in [2.05, 4.69) is 30.6 Å². The van der Waals surface area contributed by atoms with Gasteiger partial charge < -0.3 is 21.1 Å². The highest BCUT2D eigenvalue weighted by atomic mass is 19.1. The number of halogens is 2. The molecule has 2 aromatic heterocycles. The molecule has 0 atom stereocenters. The van der Waals surface area contributed by atoms with Gasteiger partial charge in [-0.1, -0.05) is 18.2 Å². The Morgan fingerprint density at radius 1 is 0.947 bits per heavy atom. The molecule has 0 bridgehead atoms. The molecule has 1 fully saturated rings. The van der Waals surface area contributed by atoms with Crippen LogP contribution < -0.4 is 21.1 Å². The lowest BCUT2D eigenvalue weighted by Crippen LogP contribution is -2.30. The summed E-state index contributed by atoms with van der Waals surface area (Å²) in [6, 6.07) is 11.2. The second-order valence-electron chi connectivity index (χ2n) is 9.35. The molecule has 0 amide bonds. The second kappa shape index (κ2) is 11.9. The van der Waals surface area contributed by atoms with Gasteiger partial charge in [0.1, 0.15) is 11.6 Å². The van der Waals surface area contributed by atoms with Crippen LogP contribution in [0.3, 0.4) is 0 Å². The minimum absolute atomic E-state index is 0.223. The number of piperidine rings is 1. The maximum atomic E-state index is 13.5. The van der Waals surface area contributed by atoms with Crippen molar-refractivity contribution in [3.63, 3.8) is 0 Å². The lowest BCUT2D eigenvalue weighted by Gasteiger charge is -2.22. The summed E-state index contributed by atoms with van der Waals surface area (Å²) in [5.41, 5.74) is 8.85. The molecule has 2 aromatic carbocycles. The average molecular weight is 518 g/mol. The number of ether oxygens (including phenoxy) is 1. The van der Waals surface area contributed by atoms with E-state index in [0.29, 0.717) is 47.7 Å². The van der Waals surface area contributed by atoms with Gasteiger partial charge in [-0.3, -0.25) is 0 Å². The summed E-state index contributed by atoms with van der Waals surface area (Å²) in [6.07, 6.45) is 7.38. The third-order valence-corrected chi connectivity index (χ3v) is 6.38. The van der Waals surface area contributed by atoms with Crippen LogP contribution >= 0.6 is 0 Å². The number of nitrogen functional groups attached to an aromatic ring is 1. The van der Waals surface area contributed by atoms with Crippen molar-refractivity contribution in [1.82, 2.24) is 25.3 Å². The van der Waals surface area contributed by atoms with E-state index in [1.165, 1.54) is 18.3 Å². The maximum absolute atomic E-state index is 13.5. The molecular weight excluding hydrogens is 488 g/mol. The fourth-order valence-corrected chi connectivity index (χ4v) is 4.38. The van der Waals surface area contributed by atoms with E-state index in [4.69, 9.17) is 10.5 Å². The summed E-state index contributed by atoms with van der Waals surface area (Å²) in [5, 5.41) is 6.56. The van der Waals surface area contributed by atoms with Gasteiger partial charge in [0.25, 0.3) is 0 Å². The third kappa shape index (κ3) is 6.77. The number of aromatic nitrogens is 4. The topological polar surface area (TPSA) is 111 Å². The Hall–Kier alpha value is -4.18. The Kier molecular flexibility index (Phi) is 7.98. The van der Waals surface area contributed by atoms with Crippen LogP contribution in [0.1, 0.15) is 29.7 Å². The van der Waals surface area contributed by atoms with Gasteiger partial charge in [0.15, 0.2) is 23.2 Å². The summed E-state index contributed by atoms with van der Waals surface area (Å²) >= 11 is 0. The molecule has 4 aromatic rings. The Labute approximate surface area is 219 Å². The number of nitrogens with one attached hydrogen (secondary N) is 2. The SMILES string of the molecule is Nc1ncc(Cc2cc(F)cc(F)c2)nc1NCc1cccc(-c2ncc(OCC3CCNCC3)cn2)c1. The van der Waals surface area contributed by atoms with E-state index in [1.807, 2.05) is 24.3 Å². The zero-order valence-corrected chi connectivity index (χ0v) is 20.8. The molecule has 10 heteroatoms. The molecule has 8 nitrogen and oxygen atoms in total. The molecule has 1 saturated heterocycles. The fourth-order valence-electron chi connectivity index (χ4n) is 4.38. The van der Waals surface area contributed by atoms with Crippen molar-refractivity contribution < 1.29 is 13.5 Å². The van der Waals surface area contributed by atoms with Gasteiger partial charge in [0, 0.05) is 24.6 Å². The van der Waals surface area contributed by atoms with E-state index >= 15 is 0 Å². The van der Waals surface area contributed by atoms with Gasteiger partial charge >= 0.3 is 0 Å². The molecule has 0 spiro atoms. The van der Waals surface area contributed by atoms with Crippen molar-refractivity contribution in [1.29, 1.82) is 0 Å². The minimum Gasteiger partial charge on any atom is -0.490 e. The Morgan fingerprint density at radius 2 is 1.71 bits per heavy atom. The van der Waals surface area contributed by atoms with Crippen molar-refractivity contribution in [2.45, 2.75) is 25.8 Å². The fraction of sp³-hybridized carbons (Fsp3) is 0.286. The van der Waals surface area contributed by atoms with E-state index in [9.17, 15) is 8.78 Å². The Balaban J connectivity index is 1.21. The van der Waals surface area contributed by atoms with Gasteiger partial charge in [0.2, 0.25) is 0 Å². The normalized spacial score (nSPS) is 13.8. The molecule has 1 aliphatic heterocycles. The van der Waals surface area contributed by atoms with Gasteiger partial charge in [-0.15, -0.1) is 0 Å². The minimum atomic E-state index is -0.634. The average Bonchev–Trinajstić information content (AvgIpc) is 2.93. The predicted molar refractivity (Wildman–Crippen MR) is 141 cm³/mol. The molecule has 5 rings (SSSR count). The van der Waals surface area contributed by atoms with Crippen LogP contribution in [0.15, 0.2) is 61.1 Å². The quantitative estimate of drug-likeness (QED) is 0.300. The van der Waals surface area contributed by atoms with E-state index in [1.54, 1.807) is 12.4 Å². The Bertz CT molecular complexity index is 1360. The molecule has 3 heterocycles. The standard InChI is InChI=1S/C28H29F2N7O/c29-22-9-20(10-23(30)12-22)11-24-14-33-26(31)28(37-24)34-13-19-2-1-3-21(8-19)27-35-15-25(16-36-27)38-17-18-4-6-32-7-5-18/h1-3,8-10,12,14-16,18,32H,4-7,11,13,17H2,(H2,31,33)(H,34,37). The molecular formula is C28H29F2N7O. The number of anilines is 2. The van der Waals surface area contributed by atoms with Gasteiger partial charge in [-0.25, -0.2) is 28.7 Å². The highest BCUT2D eigenvalue weighted by Gasteiger charge is 2.14. The molecule has 0 unspecified atom stereocenters. The smallest absolute Gasteiger partial charge is 0.169 e. The predicted octanol–water partition coefficient (Wildman–Crippen LogP) is 4.38. The summed E-state index contributed by atoms with van der Waals surface area (Å²) < 4.78 is 33.0. The summed E-state index contributed by atoms with van der Waals surface area (Å²) in [4.78, 5) is 17.6. The number of rotatable bonds is 9. The molecule has 1 aliphatic rings. The first-order chi connectivity index (χ1) is 18.5. The molecule has 0 radical (unpaired) electrons. The van der Waals surface area contributed by atoms with Crippen molar-refractivity contribution in [2.24, 2.45) is 5.92 Å². The molecule has 196 valence electrons. The largest absolute Gasteiger partial charge is 0.490 e. The van der Waals surface area contributed by atoms with Crippen LogP contribution in [0.5, 0.6) is 5.75 Å². The van der Waals surface area contributed by atoms with Crippen molar-refractivity contribution >= 4 is 11.6 Å². The van der Waals surface area contributed by atoms with Crippen LogP contribution in [0.25, 0.3) is 11.4 Å². The zero-order valence-electron chi connectivity index (χ0n) is 20.8. The highest BCUT2D eigenvalue weighted by Crippen LogP contribution is 2.21. The maximum Gasteiger partial charge on any atom is 0.169 e. The lowest BCUT2D eigenvalue weighted by atomic mass is 9.99. The number of hydrogen-bond acceptors (Lipinski definition) is 8. The Morgan fingerprint density at radius 3 is 2.47 bits per heavy atom. The first-order valence-electron chi connectivity index (χ1n) is 12.6. The van der Waals surface area contributed by atoms with Crippen LogP contribution in [-0.4, -0.2) is 39.6 Å². The van der Waals surface area contributed by atoms with Crippen molar-refractivity contribution in [2.75, 3.05) is 30.7 Å². The number of nitrogens with two attached hydrogens (primary N) is 1. The summed E-state index contributed by atoms with van der Waals surface area (Å²) in [6.45, 7) is 3.19. The first kappa shape index (κ1) is 25.5. The van der Waals surface area contributed by atoms with E-state index in [-0.39, 0.29) is 12.2 Å². The molecule has 0 saturated carbocycles. The van der Waals surface area contributed by atoms with Gasteiger partial charge in [0.05, 0.1) is 30.9 Å². The first-order valence-corrected chi connectivity index (χ1v) is 12.6. The van der Waals surface area contributed by atoms with Crippen LogP contribution in [0.2, 0.25) is 0 Å². The van der Waals surface area contributed by atoms with E-state index in [0.717, 1.165) is 43.1 Å². The number of benzene rings is 2. The third-order valence-electron chi connectivity index (χ3n) is 6.38.